The molecule has 28 heavy (non-hydrogen) atoms. The second-order valence-electron chi connectivity index (χ2n) is 7.42. The predicted molar refractivity (Wildman–Crippen MR) is 108 cm³/mol. The molecule has 1 saturated heterocycles. The highest BCUT2D eigenvalue weighted by molar-refractivity contribution is 5.93. The molecule has 1 aromatic carbocycles. The van der Waals surface area contributed by atoms with Crippen LogP contribution in [0.3, 0.4) is 0 Å². The summed E-state index contributed by atoms with van der Waals surface area (Å²) in [6, 6.07) is 10.5. The molecule has 2 aliphatic rings. The smallest absolute Gasteiger partial charge is 0.270 e. The number of hydrogen-bond donors (Lipinski definition) is 1. The van der Waals surface area contributed by atoms with E-state index in [0.717, 1.165) is 50.8 Å². The zero-order valence-electron chi connectivity index (χ0n) is 16.5. The van der Waals surface area contributed by atoms with Crippen LogP contribution in [0.15, 0.2) is 30.3 Å². The van der Waals surface area contributed by atoms with Crippen LogP contribution in [0.1, 0.15) is 28.8 Å². The molecule has 2 aliphatic heterocycles. The first-order valence-corrected chi connectivity index (χ1v) is 9.93. The van der Waals surface area contributed by atoms with E-state index in [1.165, 1.54) is 5.56 Å². The largest absolute Gasteiger partial charge is 0.379 e. The maximum absolute atomic E-state index is 12.7. The minimum Gasteiger partial charge on any atom is -0.379 e. The lowest BCUT2D eigenvalue weighted by Crippen LogP contribution is -2.41. The van der Waals surface area contributed by atoms with E-state index in [0.29, 0.717) is 24.1 Å². The maximum atomic E-state index is 12.7. The molecule has 1 N–H and O–H groups in total. The lowest BCUT2D eigenvalue weighted by atomic mass is 10.1. The van der Waals surface area contributed by atoms with E-state index in [4.69, 9.17) is 4.74 Å². The number of nitrogens with one attached hydrogen (secondary N) is 1. The number of anilines is 2. The predicted octanol–water partition coefficient (Wildman–Crippen LogP) is 1.93. The van der Waals surface area contributed by atoms with Crippen LogP contribution in [0.2, 0.25) is 0 Å². The standard InChI is InChI=1S/C21H27N5O2/c1-15-13-17-5-3-4-6-19(17)26(15)20-14-18(23-16(2)24-20)21(27)22-7-8-25-9-11-28-12-10-25/h3-6,14-15H,7-13H2,1-2H3,(H,22,27). The van der Waals surface area contributed by atoms with Crippen LogP contribution in [-0.2, 0) is 11.2 Å². The highest BCUT2D eigenvalue weighted by Gasteiger charge is 2.28. The number of carbonyl (C=O) groups excluding carboxylic acids is 1. The molecule has 1 aromatic heterocycles. The molecule has 3 heterocycles. The van der Waals surface area contributed by atoms with Crippen LogP contribution >= 0.6 is 0 Å². The SMILES string of the molecule is Cc1nc(C(=O)NCCN2CCOCC2)cc(N2c3ccccc3CC2C)n1. The van der Waals surface area contributed by atoms with Crippen LogP contribution in [0.5, 0.6) is 0 Å². The van der Waals surface area contributed by atoms with Crippen molar-refractivity contribution in [3.8, 4) is 0 Å². The molecule has 2 aromatic rings. The molecule has 1 fully saturated rings. The van der Waals surface area contributed by atoms with E-state index in [2.05, 4.69) is 50.2 Å². The molecular weight excluding hydrogens is 354 g/mol. The third-order valence-electron chi connectivity index (χ3n) is 5.33. The normalized spacial score (nSPS) is 19.5. The fraction of sp³-hybridized carbons (Fsp3) is 0.476. The number of benzene rings is 1. The minimum absolute atomic E-state index is 0.153. The van der Waals surface area contributed by atoms with Crippen LogP contribution in [-0.4, -0.2) is 66.2 Å². The first-order chi connectivity index (χ1) is 13.6. The Morgan fingerprint density at radius 3 is 2.86 bits per heavy atom. The number of aromatic nitrogens is 2. The van der Waals surface area contributed by atoms with E-state index in [1.54, 1.807) is 6.07 Å². The number of aryl methyl sites for hydroxylation is 1. The summed E-state index contributed by atoms with van der Waals surface area (Å²) >= 11 is 0. The monoisotopic (exact) mass is 381 g/mol. The van der Waals surface area contributed by atoms with Crippen molar-refractivity contribution < 1.29 is 9.53 Å². The molecule has 4 rings (SSSR count). The van der Waals surface area contributed by atoms with Crippen molar-refractivity contribution in [2.75, 3.05) is 44.3 Å². The van der Waals surface area contributed by atoms with Gasteiger partial charge in [0.2, 0.25) is 0 Å². The molecule has 7 heteroatoms. The van der Waals surface area contributed by atoms with Gasteiger partial charge in [0, 0.05) is 44.0 Å². The lowest BCUT2D eigenvalue weighted by Gasteiger charge is -2.26. The van der Waals surface area contributed by atoms with E-state index < -0.39 is 0 Å². The van der Waals surface area contributed by atoms with Gasteiger partial charge in [-0.25, -0.2) is 9.97 Å². The average molecular weight is 381 g/mol. The third-order valence-corrected chi connectivity index (χ3v) is 5.33. The zero-order chi connectivity index (χ0) is 19.5. The van der Waals surface area contributed by atoms with Gasteiger partial charge in [-0.1, -0.05) is 18.2 Å². The molecule has 0 radical (unpaired) electrons. The number of carbonyl (C=O) groups is 1. The van der Waals surface area contributed by atoms with Gasteiger partial charge in [0.25, 0.3) is 5.91 Å². The highest BCUT2D eigenvalue weighted by Crippen LogP contribution is 2.37. The summed E-state index contributed by atoms with van der Waals surface area (Å²) in [6.07, 6.45) is 0.973. The highest BCUT2D eigenvalue weighted by atomic mass is 16.5. The molecule has 1 amide bonds. The van der Waals surface area contributed by atoms with Gasteiger partial charge in [0.15, 0.2) is 0 Å². The summed E-state index contributed by atoms with van der Waals surface area (Å²) in [7, 11) is 0. The summed E-state index contributed by atoms with van der Waals surface area (Å²) in [5.74, 6) is 1.23. The molecule has 0 aliphatic carbocycles. The number of morpholine rings is 1. The second-order valence-corrected chi connectivity index (χ2v) is 7.42. The molecule has 148 valence electrons. The number of nitrogens with zero attached hydrogens (tertiary/aromatic N) is 4. The van der Waals surface area contributed by atoms with Crippen molar-refractivity contribution in [1.82, 2.24) is 20.2 Å². The first kappa shape index (κ1) is 18.8. The Balaban J connectivity index is 1.47. The Kier molecular flexibility index (Phi) is 5.54. The fourth-order valence-electron chi connectivity index (χ4n) is 3.95. The van der Waals surface area contributed by atoms with Gasteiger partial charge in [0.1, 0.15) is 17.3 Å². The molecule has 0 bridgehead atoms. The minimum atomic E-state index is -0.153. The van der Waals surface area contributed by atoms with E-state index in [9.17, 15) is 4.79 Å². The van der Waals surface area contributed by atoms with Gasteiger partial charge in [-0.15, -0.1) is 0 Å². The second kappa shape index (κ2) is 8.24. The summed E-state index contributed by atoms with van der Waals surface area (Å²) in [6.45, 7) is 8.79. The van der Waals surface area contributed by atoms with Crippen LogP contribution in [0.25, 0.3) is 0 Å². The quantitative estimate of drug-likeness (QED) is 0.853. The average Bonchev–Trinajstić information content (AvgIpc) is 3.04. The number of fused-ring (bicyclic) bond motifs is 1. The van der Waals surface area contributed by atoms with Crippen LogP contribution in [0.4, 0.5) is 11.5 Å². The van der Waals surface area contributed by atoms with Crippen LogP contribution < -0.4 is 10.2 Å². The van der Waals surface area contributed by atoms with Gasteiger partial charge < -0.3 is 15.0 Å². The lowest BCUT2D eigenvalue weighted by molar-refractivity contribution is 0.0383. The van der Waals surface area contributed by atoms with Gasteiger partial charge in [0.05, 0.1) is 13.2 Å². The summed E-state index contributed by atoms with van der Waals surface area (Å²) in [5.41, 5.74) is 2.88. The number of hydrogen-bond acceptors (Lipinski definition) is 6. The fourth-order valence-corrected chi connectivity index (χ4v) is 3.95. The van der Waals surface area contributed by atoms with E-state index in [-0.39, 0.29) is 5.91 Å². The van der Waals surface area contributed by atoms with Crippen molar-refractivity contribution >= 4 is 17.4 Å². The Morgan fingerprint density at radius 1 is 1.25 bits per heavy atom. The zero-order valence-corrected chi connectivity index (χ0v) is 16.5. The van der Waals surface area contributed by atoms with Crippen molar-refractivity contribution in [1.29, 1.82) is 0 Å². The molecule has 0 spiro atoms. The Hall–Kier alpha value is -2.51. The van der Waals surface area contributed by atoms with E-state index >= 15 is 0 Å². The van der Waals surface area contributed by atoms with E-state index in [1.807, 2.05) is 13.0 Å². The summed E-state index contributed by atoms with van der Waals surface area (Å²) in [4.78, 5) is 26.1. The number of ether oxygens (including phenoxy) is 1. The number of amides is 1. The molecule has 7 nitrogen and oxygen atoms in total. The Labute approximate surface area is 165 Å². The summed E-state index contributed by atoms with van der Waals surface area (Å²) in [5, 5.41) is 2.99. The molecule has 1 unspecified atom stereocenters. The first-order valence-electron chi connectivity index (χ1n) is 9.93. The van der Waals surface area contributed by atoms with Gasteiger partial charge in [-0.2, -0.15) is 0 Å². The maximum Gasteiger partial charge on any atom is 0.270 e. The van der Waals surface area contributed by atoms with Gasteiger partial charge >= 0.3 is 0 Å². The van der Waals surface area contributed by atoms with Crippen LogP contribution in [0, 0.1) is 6.92 Å². The molecule has 1 atom stereocenters. The van der Waals surface area contributed by atoms with Crippen molar-refractivity contribution in [3.63, 3.8) is 0 Å². The number of para-hydroxylation sites is 1. The van der Waals surface area contributed by atoms with Crippen molar-refractivity contribution in [2.45, 2.75) is 26.3 Å². The third kappa shape index (κ3) is 4.00. The number of rotatable bonds is 5. The van der Waals surface area contributed by atoms with Gasteiger partial charge in [-0.05, 0) is 31.9 Å². The Bertz CT molecular complexity index is 850. The van der Waals surface area contributed by atoms with Crippen molar-refractivity contribution in [2.24, 2.45) is 0 Å². The van der Waals surface area contributed by atoms with Crippen molar-refractivity contribution in [3.05, 3.63) is 47.4 Å². The topological polar surface area (TPSA) is 70.6 Å². The summed E-state index contributed by atoms with van der Waals surface area (Å²) < 4.78 is 5.35. The molecule has 0 saturated carbocycles. The van der Waals surface area contributed by atoms with Gasteiger partial charge in [-0.3, -0.25) is 9.69 Å². The molecular formula is C21H27N5O2. The Morgan fingerprint density at radius 2 is 2.04 bits per heavy atom.